The lowest BCUT2D eigenvalue weighted by atomic mass is 10.3. The van der Waals surface area contributed by atoms with Gasteiger partial charge in [-0.15, -0.1) is 0 Å². The summed E-state index contributed by atoms with van der Waals surface area (Å²) in [6.45, 7) is 2.78. The lowest BCUT2D eigenvalue weighted by Gasteiger charge is -2.21. The van der Waals surface area contributed by atoms with E-state index in [4.69, 9.17) is 9.15 Å². The van der Waals surface area contributed by atoms with Crippen LogP contribution in [0.15, 0.2) is 21.2 Å². The Bertz CT molecular complexity index is 597. The summed E-state index contributed by atoms with van der Waals surface area (Å²) in [5, 5.41) is 2.38. The fraction of sp³-hybridized carbons (Fsp3) is 0.562. The molecule has 0 saturated heterocycles. The van der Waals surface area contributed by atoms with Crippen LogP contribution in [0.5, 0.6) is 0 Å². The highest BCUT2D eigenvalue weighted by Crippen LogP contribution is 2.29. The molecule has 1 N–H and O–H groups in total. The van der Waals surface area contributed by atoms with E-state index in [0.29, 0.717) is 17.1 Å². The zero-order chi connectivity index (χ0) is 17.5. The van der Waals surface area contributed by atoms with Crippen molar-refractivity contribution in [3.8, 4) is 0 Å². The summed E-state index contributed by atoms with van der Waals surface area (Å²) in [4.78, 5) is 37.2. The molecule has 0 bridgehead atoms. The summed E-state index contributed by atoms with van der Waals surface area (Å²) in [5.74, 6) is -0.707. The number of nitrogens with zero attached hydrogens (tertiary/aromatic N) is 1. The van der Waals surface area contributed by atoms with E-state index in [9.17, 15) is 14.4 Å². The molecule has 2 amide bonds. The average molecular weight is 401 g/mol. The Morgan fingerprint density at radius 2 is 2.12 bits per heavy atom. The van der Waals surface area contributed by atoms with Gasteiger partial charge in [0.15, 0.2) is 17.0 Å². The van der Waals surface area contributed by atoms with E-state index in [2.05, 4.69) is 21.2 Å². The van der Waals surface area contributed by atoms with Crippen LogP contribution in [0.3, 0.4) is 0 Å². The molecule has 0 aliphatic heterocycles. The first-order valence-electron chi connectivity index (χ1n) is 7.96. The number of amides is 2. The fourth-order valence-electron chi connectivity index (χ4n) is 2.16. The first-order chi connectivity index (χ1) is 11.5. The second-order valence-corrected chi connectivity index (χ2v) is 6.51. The topological polar surface area (TPSA) is 88.9 Å². The van der Waals surface area contributed by atoms with Crippen molar-refractivity contribution < 1.29 is 23.5 Å². The number of hydrogen-bond donors (Lipinski definition) is 1. The Morgan fingerprint density at radius 3 is 2.71 bits per heavy atom. The van der Waals surface area contributed by atoms with Gasteiger partial charge in [-0.1, -0.05) is 6.92 Å². The molecule has 1 fully saturated rings. The summed E-state index contributed by atoms with van der Waals surface area (Å²) >= 11 is 3.09. The Morgan fingerprint density at radius 1 is 1.38 bits per heavy atom. The predicted molar refractivity (Wildman–Crippen MR) is 89.3 cm³/mol. The third kappa shape index (κ3) is 5.99. The van der Waals surface area contributed by atoms with Crippen LogP contribution in [0, 0.1) is 5.92 Å². The van der Waals surface area contributed by atoms with Crippen molar-refractivity contribution in [1.82, 2.24) is 10.2 Å². The first-order valence-corrected chi connectivity index (χ1v) is 8.75. The van der Waals surface area contributed by atoms with Gasteiger partial charge in [-0.05, 0) is 53.2 Å². The van der Waals surface area contributed by atoms with Gasteiger partial charge in [-0.2, -0.15) is 0 Å². The summed E-state index contributed by atoms with van der Waals surface area (Å²) < 4.78 is 10.4. The van der Waals surface area contributed by atoms with Gasteiger partial charge in [-0.3, -0.25) is 14.4 Å². The van der Waals surface area contributed by atoms with Crippen molar-refractivity contribution in [3.05, 3.63) is 22.6 Å². The van der Waals surface area contributed by atoms with Crippen molar-refractivity contribution in [2.45, 2.75) is 26.2 Å². The number of halogens is 1. The lowest BCUT2D eigenvalue weighted by molar-refractivity contribution is -0.151. The van der Waals surface area contributed by atoms with E-state index in [0.717, 1.165) is 25.8 Å². The third-order valence-electron chi connectivity index (χ3n) is 3.57. The minimum Gasteiger partial charge on any atom is -0.454 e. The molecule has 1 aromatic rings. The minimum absolute atomic E-state index is 0.0873. The van der Waals surface area contributed by atoms with Crippen LogP contribution < -0.4 is 5.32 Å². The number of furan rings is 1. The highest BCUT2D eigenvalue weighted by atomic mass is 79.9. The molecule has 2 rings (SSSR count). The van der Waals surface area contributed by atoms with Crippen LogP contribution in [0.1, 0.15) is 36.7 Å². The van der Waals surface area contributed by atoms with Gasteiger partial charge in [0, 0.05) is 13.1 Å². The van der Waals surface area contributed by atoms with Crippen molar-refractivity contribution in [3.63, 3.8) is 0 Å². The number of carbonyl (C=O) groups excluding carboxylic acids is 3. The molecule has 1 aromatic heterocycles. The molecule has 1 aliphatic rings. The molecule has 1 heterocycles. The van der Waals surface area contributed by atoms with Crippen LogP contribution >= 0.6 is 15.9 Å². The maximum atomic E-state index is 12.1. The van der Waals surface area contributed by atoms with Crippen LogP contribution in [-0.2, 0) is 14.3 Å². The van der Waals surface area contributed by atoms with E-state index in [-0.39, 0.29) is 24.8 Å². The van der Waals surface area contributed by atoms with Gasteiger partial charge < -0.3 is 19.4 Å². The van der Waals surface area contributed by atoms with Crippen molar-refractivity contribution in [1.29, 1.82) is 0 Å². The van der Waals surface area contributed by atoms with Crippen LogP contribution in [-0.4, -0.2) is 48.9 Å². The Labute approximate surface area is 148 Å². The highest BCUT2D eigenvalue weighted by Gasteiger charge is 2.26. The van der Waals surface area contributed by atoms with Crippen LogP contribution in [0.4, 0.5) is 0 Å². The molecule has 7 nitrogen and oxygen atoms in total. The maximum absolute atomic E-state index is 12.1. The zero-order valence-electron chi connectivity index (χ0n) is 13.5. The molecule has 0 unspecified atom stereocenters. The summed E-state index contributed by atoms with van der Waals surface area (Å²) in [7, 11) is 0. The van der Waals surface area contributed by atoms with Gasteiger partial charge in [0.25, 0.3) is 11.8 Å². The monoisotopic (exact) mass is 400 g/mol. The molecule has 132 valence electrons. The summed E-state index contributed by atoms with van der Waals surface area (Å²) in [5.41, 5.74) is 0. The van der Waals surface area contributed by atoms with E-state index in [1.54, 1.807) is 11.0 Å². The maximum Gasteiger partial charge on any atom is 0.325 e. The quantitative estimate of drug-likeness (QED) is 0.640. The fourth-order valence-corrected chi connectivity index (χ4v) is 2.47. The SMILES string of the molecule is CCCN(CC1CC1)C(=O)COC(=O)CNC(=O)c1ccc(Br)o1. The molecule has 8 heteroatoms. The van der Waals surface area contributed by atoms with Gasteiger partial charge in [0.05, 0.1) is 0 Å². The normalized spacial score (nSPS) is 13.4. The number of carbonyl (C=O) groups is 3. The zero-order valence-corrected chi connectivity index (χ0v) is 15.1. The van der Waals surface area contributed by atoms with Gasteiger partial charge in [-0.25, -0.2) is 0 Å². The summed E-state index contributed by atoms with van der Waals surface area (Å²) in [6, 6.07) is 3.06. The number of esters is 1. The molecule has 0 atom stereocenters. The second kappa shape index (κ2) is 8.86. The summed E-state index contributed by atoms with van der Waals surface area (Å²) in [6.07, 6.45) is 3.17. The van der Waals surface area contributed by atoms with Crippen LogP contribution in [0.25, 0.3) is 0 Å². The Hall–Kier alpha value is -1.83. The number of rotatable bonds is 9. The van der Waals surface area contributed by atoms with E-state index in [1.807, 2.05) is 6.92 Å². The molecule has 0 aromatic carbocycles. The van der Waals surface area contributed by atoms with Crippen molar-refractivity contribution in [2.75, 3.05) is 26.2 Å². The minimum atomic E-state index is -0.662. The predicted octanol–water partition coefficient (Wildman–Crippen LogP) is 1.96. The van der Waals surface area contributed by atoms with Gasteiger partial charge >= 0.3 is 5.97 Å². The van der Waals surface area contributed by atoms with Crippen molar-refractivity contribution in [2.24, 2.45) is 5.92 Å². The molecule has 24 heavy (non-hydrogen) atoms. The molecule has 0 spiro atoms. The van der Waals surface area contributed by atoms with E-state index < -0.39 is 11.9 Å². The van der Waals surface area contributed by atoms with Crippen LogP contribution in [0.2, 0.25) is 0 Å². The third-order valence-corrected chi connectivity index (χ3v) is 3.99. The van der Waals surface area contributed by atoms with Gasteiger partial charge in [0.2, 0.25) is 0 Å². The Kier molecular flexibility index (Phi) is 6.84. The first kappa shape index (κ1) is 18.5. The lowest BCUT2D eigenvalue weighted by Crippen LogP contribution is -2.38. The second-order valence-electron chi connectivity index (χ2n) is 5.73. The number of nitrogens with one attached hydrogen (secondary N) is 1. The highest BCUT2D eigenvalue weighted by molar-refractivity contribution is 9.10. The standard InChI is InChI=1S/C16H21BrN2O5/c1-2-7-19(9-11-3-4-11)14(20)10-23-15(21)8-18-16(22)12-5-6-13(17)24-12/h5-6,11H,2-4,7-10H2,1H3,(H,18,22). The van der Waals surface area contributed by atoms with E-state index >= 15 is 0 Å². The molecule has 1 aliphatic carbocycles. The average Bonchev–Trinajstić information content (AvgIpc) is 3.28. The van der Waals surface area contributed by atoms with Gasteiger partial charge in [0.1, 0.15) is 6.54 Å². The van der Waals surface area contributed by atoms with Crippen molar-refractivity contribution >= 4 is 33.7 Å². The Balaban J connectivity index is 1.69. The molecular weight excluding hydrogens is 380 g/mol. The number of hydrogen-bond acceptors (Lipinski definition) is 5. The molecule has 0 radical (unpaired) electrons. The molecule has 1 saturated carbocycles. The number of ether oxygens (including phenoxy) is 1. The largest absolute Gasteiger partial charge is 0.454 e. The van der Waals surface area contributed by atoms with E-state index in [1.165, 1.54) is 6.07 Å². The smallest absolute Gasteiger partial charge is 0.325 e. The molecular formula is C16H21BrN2O5.